The van der Waals surface area contributed by atoms with Gasteiger partial charge in [-0.2, -0.15) is 0 Å². The number of terminal acetylenes is 1. The zero-order valence-corrected chi connectivity index (χ0v) is 10.7. The molecule has 1 aromatic carbocycles. The fourth-order valence-corrected chi connectivity index (χ4v) is 1.37. The molecular formula is C14H18N2O2. The van der Waals surface area contributed by atoms with Crippen LogP contribution in [0.15, 0.2) is 24.3 Å². The Morgan fingerprint density at radius 1 is 1.44 bits per heavy atom. The van der Waals surface area contributed by atoms with Gasteiger partial charge >= 0.3 is 0 Å². The summed E-state index contributed by atoms with van der Waals surface area (Å²) in [6.07, 6.45) is 5.03. The molecule has 4 heteroatoms. The van der Waals surface area contributed by atoms with Crippen LogP contribution >= 0.6 is 0 Å². The first-order chi connectivity index (χ1) is 8.67. The van der Waals surface area contributed by atoms with Crippen molar-refractivity contribution in [1.29, 1.82) is 0 Å². The van der Waals surface area contributed by atoms with Crippen LogP contribution in [0, 0.1) is 12.3 Å². The first-order valence-electron chi connectivity index (χ1n) is 5.77. The van der Waals surface area contributed by atoms with Gasteiger partial charge in [-0.15, -0.1) is 6.42 Å². The number of carbonyl (C=O) groups is 1. The molecule has 0 radical (unpaired) electrons. The van der Waals surface area contributed by atoms with Crippen molar-refractivity contribution in [2.75, 3.05) is 20.2 Å². The van der Waals surface area contributed by atoms with Crippen LogP contribution in [0.25, 0.3) is 0 Å². The van der Waals surface area contributed by atoms with Gasteiger partial charge < -0.3 is 15.4 Å². The van der Waals surface area contributed by atoms with E-state index >= 15 is 0 Å². The average Bonchev–Trinajstić information content (AvgIpc) is 2.42. The summed E-state index contributed by atoms with van der Waals surface area (Å²) in [5, 5.41) is 5.68. The van der Waals surface area contributed by atoms with Crippen LogP contribution in [0.1, 0.15) is 18.5 Å². The Hall–Kier alpha value is -1.99. The number of amides is 1. The van der Waals surface area contributed by atoms with Gasteiger partial charge in [0.05, 0.1) is 6.54 Å². The normalized spacial score (nSPS) is 11.4. The number of benzene rings is 1. The lowest BCUT2D eigenvalue weighted by molar-refractivity contribution is -0.122. The molecule has 0 bridgehead atoms. The minimum absolute atomic E-state index is 0.0252. The molecule has 0 aliphatic heterocycles. The second-order valence-electron chi connectivity index (χ2n) is 3.85. The molecule has 0 heterocycles. The second-order valence-corrected chi connectivity index (χ2v) is 3.85. The quantitative estimate of drug-likeness (QED) is 0.739. The summed E-state index contributed by atoms with van der Waals surface area (Å²) in [4.78, 5) is 11.3. The minimum Gasteiger partial charge on any atom is -0.484 e. The van der Waals surface area contributed by atoms with Crippen molar-refractivity contribution < 1.29 is 9.53 Å². The molecule has 96 valence electrons. The van der Waals surface area contributed by atoms with Gasteiger partial charge in [-0.25, -0.2) is 0 Å². The predicted octanol–water partition coefficient (Wildman–Crippen LogP) is 1.10. The van der Waals surface area contributed by atoms with Crippen LogP contribution in [-0.4, -0.2) is 26.1 Å². The summed E-state index contributed by atoms with van der Waals surface area (Å²) in [7, 11) is 1.91. The predicted molar refractivity (Wildman–Crippen MR) is 71.3 cm³/mol. The summed E-state index contributed by atoms with van der Waals surface area (Å²) in [6.45, 7) is 2.27. The molecule has 0 saturated carbocycles. The molecule has 0 fully saturated rings. The van der Waals surface area contributed by atoms with Crippen molar-refractivity contribution in [3.8, 4) is 18.1 Å². The van der Waals surface area contributed by atoms with Crippen molar-refractivity contribution in [2.24, 2.45) is 0 Å². The van der Waals surface area contributed by atoms with E-state index in [0.717, 1.165) is 0 Å². The van der Waals surface area contributed by atoms with Crippen molar-refractivity contribution in [2.45, 2.75) is 13.0 Å². The number of carbonyl (C=O) groups excluding carboxylic acids is 1. The number of ether oxygens (including phenoxy) is 1. The Morgan fingerprint density at radius 2 is 2.11 bits per heavy atom. The van der Waals surface area contributed by atoms with Gasteiger partial charge in [0.25, 0.3) is 5.91 Å². The SMILES string of the molecule is C#CCNC(=O)COc1ccc(C(C)NC)cc1. The Morgan fingerprint density at radius 3 is 2.67 bits per heavy atom. The monoisotopic (exact) mass is 246 g/mol. The lowest BCUT2D eigenvalue weighted by Crippen LogP contribution is -2.29. The van der Waals surface area contributed by atoms with Crippen LogP contribution in [-0.2, 0) is 4.79 Å². The van der Waals surface area contributed by atoms with Crippen LogP contribution in [0.5, 0.6) is 5.75 Å². The zero-order valence-electron chi connectivity index (χ0n) is 10.7. The maximum absolute atomic E-state index is 11.3. The molecule has 4 nitrogen and oxygen atoms in total. The lowest BCUT2D eigenvalue weighted by Gasteiger charge is -2.11. The van der Waals surface area contributed by atoms with Crippen molar-refractivity contribution in [3.05, 3.63) is 29.8 Å². The molecule has 1 amide bonds. The van der Waals surface area contributed by atoms with Crippen molar-refractivity contribution in [1.82, 2.24) is 10.6 Å². The first kappa shape index (κ1) is 14.1. The van der Waals surface area contributed by atoms with E-state index < -0.39 is 0 Å². The highest BCUT2D eigenvalue weighted by molar-refractivity contribution is 5.77. The molecule has 1 atom stereocenters. The fourth-order valence-electron chi connectivity index (χ4n) is 1.37. The smallest absolute Gasteiger partial charge is 0.258 e. The third kappa shape index (κ3) is 4.48. The average molecular weight is 246 g/mol. The molecule has 0 spiro atoms. The Balaban J connectivity index is 2.44. The van der Waals surface area contributed by atoms with Gasteiger partial charge in [0.15, 0.2) is 6.61 Å². The van der Waals surface area contributed by atoms with Gasteiger partial charge in [-0.1, -0.05) is 18.1 Å². The zero-order chi connectivity index (χ0) is 13.4. The molecule has 0 aromatic heterocycles. The van der Waals surface area contributed by atoms with Crippen LogP contribution in [0.2, 0.25) is 0 Å². The Kier molecular flexibility index (Phi) is 5.75. The van der Waals surface area contributed by atoms with Gasteiger partial charge in [-0.3, -0.25) is 4.79 Å². The lowest BCUT2D eigenvalue weighted by atomic mass is 10.1. The maximum Gasteiger partial charge on any atom is 0.258 e. The molecule has 1 unspecified atom stereocenters. The van der Waals surface area contributed by atoms with Crippen LogP contribution in [0.3, 0.4) is 0 Å². The molecular weight excluding hydrogens is 228 g/mol. The van der Waals surface area contributed by atoms with E-state index in [1.54, 1.807) is 0 Å². The van der Waals surface area contributed by atoms with E-state index in [2.05, 4.69) is 23.5 Å². The van der Waals surface area contributed by atoms with Crippen LogP contribution in [0.4, 0.5) is 0 Å². The number of rotatable bonds is 6. The third-order valence-corrected chi connectivity index (χ3v) is 2.57. The minimum atomic E-state index is -0.222. The molecule has 18 heavy (non-hydrogen) atoms. The largest absolute Gasteiger partial charge is 0.484 e. The van der Waals surface area contributed by atoms with Crippen LogP contribution < -0.4 is 15.4 Å². The summed E-state index contributed by atoms with van der Waals surface area (Å²) in [6, 6.07) is 7.92. The fraction of sp³-hybridized carbons (Fsp3) is 0.357. The number of nitrogens with one attached hydrogen (secondary N) is 2. The molecule has 1 aromatic rings. The van der Waals surface area contributed by atoms with Gasteiger partial charge in [0, 0.05) is 6.04 Å². The van der Waals surface area contributed by atoms with Crippen molar-refractivity contribution >= 4 is 5.91 Å². The molecule has 0 saturated heterocycles. The highest BCUT2D eigenvalue weighted by Crippen LogP contribution is 2.16. The van der Waals surface area contributed by atoms with Gasteiger partial charge in [-0.05, 0) is 31.7 Å². The van der Waals surface area contributed by atoms with Gasteiger partial charge in [0.1, 0.15) is 5.75 Å². The Bertz CT molecular complexity index is 420. The molecule has 0 aliphatic rings. The van der Waals surface area contributed by atoms with E-state index in [1.165, 1.54) is 5.56 Å². The van der Waals surface area contributed by atoms with Crippen molar-refractivity contribution in [3.63, 3.8) is 0 Å². The summed E-state index contributed by atoms with van der Waals surface area (Å²) in [5.74, 6) is 2.77. The second kappa shape index (κ2) is 7.36. The molecule has 1 rings (SSSR count). The van der Waals surface area contributed by atoms with E-state index in [4.69, 9.17) is 11.2 Å². The highest BCUT2D eigenvalue weighted by atomic mass is 16.5. The summed E-state index contributed by atoms with van der Waals surface area (Å²) >= 11 is 0. The van der Waals surface area contributed by atoms with E-state index in [9.17, 15) is 4.79 Å². The Labute approximate surface area is 108 Å². The number of hydrogen-bond donors (Lipinski definition) is 2. The van der Waals surface area contributed by atoms with E-state index in [-0.39, 0.29) is 25.1 Å². The standard InChI is InChI=1S/C14H18N2O2/c1-4-9-16-14(17)10-18-13-7-5-12(6-8-13)11(2)15-3/h1,5-8,11,15H,9-10H2,2-3H3,(H,16,17). The molecule has 2 N–H and O–H groups in total. The maximum atomic E-state index is 11.3. The van der Waals surface area contributed by atoms with Gasteiger partial charge in [0.2, 0.25) is 0 Å². The summed E-state index contributed by atoms with van der Waals surface area (Å²) in [5.41, 5.74) is 1.17. The highest BCUT2D eigenvalue weighted by Gasteiger charge is 2.04. The third-order valence-electron chi connectivity index (χ3n) is 2.57. The summed E-state index contributed by atoms with van der Waals surface area (Å²) < 4.78 is 5.33. The molecule has 0 aliphatic carbocycles. The first-order valence-corrected chi connectivity index (χ1v) is 5.77. The van der Waals surface area contributed by atoms with E-state index in [1.807, 2.05) is 31.3 Å². The van der Waals surface area contributed by atoms with E-state index in [0.29, 0.717) is 5.75 Å². The topological polar surface area (TPSA) is 50.4 Å². The number of hydrogen-bond acceptors (Lipinski definition) is 3.